The summed E-state index contributed by atoms with van der Waals surface area (Å²) in [6.07, 6.45) is 8.47. The normalized spacial score (nSPS) is 15.9. The summed E-state index contributed by atoms with van der Waals surface area (Å²) in [5.41, 5.74) is 0.829. The highest BCUT2D eigenvalue weighted by Gasteiger charge is 2.24. The Labute approximate surface area is 184 Å². The molecule has 1 saturated carbocycles. The van der Waals surface area contributed by atoms with E-state index in [4.69, 9.17) is 11.6 Å². The van der Waals surface area contributed by atoms with Crippen molar-refractivity contribution in [1.29, 1.82) is 0 Å². The standard InChI is InChI=1S/C22H24ClN5O3/c23-18-8-7-16(28-22(31)25-19(27-28)14-9-11-24-12-10-14)13-17(18)21(30)26-20(29)15-5-3-1-2-4-6-15/h7-13,15,20,29H,1-6H2,(H,26,30)(H,25,27,31). The molecule has 2 aromatic heterocycles. The number of H-pyrrole nitrogens is 1. The molecule has 9 heteroatoms. The van der Waals surface area contributed by atoms with Gasteiger partial charge < -0.3 is 10.4 Å². The first kappa shape index (κ1) is 21.3. The second kappa shape index (κ2) is 9.45. The van der Waals surface area contributed by atoms with E-state index >= 15 is 0 Å². The van der Waals surface area contributed by atoms with Gasteiger partial charge in [0.1, 0.15) is 6.23 Å². The van der Waals surface area contributed by atoms with Crippen molar-refractivity contribution in [3.05, 3.63) is 63.8 Å². The van der Waals surface area contributed by atoms with Gasteiger partial charge in [-0.1, -0.05) is 37.3 Å². The molecule has 2 heterocycles. The molecule has 0 saturated heterocycles. The minimum Gasteiger partial charge on any atom is -0.373 e. The van der Waals surface area contributed by atoms with Gasteiger partial charge in [0.05, 0.1) is 16.3 Å². The fourth-order valence-corrected chi connectivity index (χ4v) is 4.12. The van der Waals surface area contributed by atoms with E-state index in [1.165, 1.54) is 16.8 Å². The van der Waals surface area contributed by atoms with E-state index in [0.717, 1.165) is 38.5 Å². The van der Waals surface area contributed by atoms with Crippen LogP contribution >= 0.6 is 11.6 Å². The van der Waals surface area contributed by atoms with Crippen LogP contribution in [0.25, 0.3) is 17.1 Å². The van der Waals surface area contributed by atoms with E-state index < -0.39 is 17.8 Å². The Morgan fingerprint density at radius 2 is 1.87 bits per heavy atom. The molecule has 1 fully saturated rings. The number of aliphatic hydroxyl groups excluding tert-OH is 1. The van der Waals surface area contributed by atoms with E-state index in [1.54, 1.807) is 30.6 Å². The molecule has 4 rings (SSSR count). The Bertz CT molecular complexity index is 1100. The third kappa shape index (κ3) is 4.86. The van der Waals surface area contributed by atoms with Gasteiger partial charge in [-0.05, 0) is 43.2 Å². The molecule has 1 unspecified atom stereocenters. The van der Waals surface area contributed by atoms with Gasteiger partial charge in [-0.3, -0.25) is 14.8 Å². The molecule has 31 heavy (non-hydrogen) atoms. The van der Waals surface area contributed by atoms with Crippen LogP contribution in [0.4, 0.5) is 0 Å². The molecule has 0 bridgehead atoms. The first-order chi connectivity index (χ1) is 15.0. The fraction of sp³-hybridized carbons (Fsp3) is 0.364. The number of aromatic amines is 1. The highest BCUT2D eigenvalue weighted by Crippen LogP contribution is 2.26. The van der Waals surface area contributed by atoms with Crippen LogP contribution in [-0.4, -0.2) is 37.0 Å². The van der Waals surface area contributed by atoms with Crippen molar-refractivity contribution < 1.29 is 9.90 Å². The van der Waals surface area contributed by atoms with Gasteiger partial charge in [-0.25, -0.2) is 4.79 Å². The number of carbonyl (C=O) groups is 1. The number of halogens is 1. The smallest absolute Gasteiger partial charge is 0.348 e. The Morgan fingerprint density at radius 3 is 2.58 bits per heavy atom. The van der Waals surface area contributed by atoms with Gasteiger partial charge in [0, 0.05) is 23.9 Å². The largest absolute Gasteiger partial charge is 0.373 e. The first-order valence-corrected chi connectivity index (χ1v) is 10.8. The van der Waals surface area contributed by atoms with Crippen molar-refractivity contribution in [1.82, 2.24) is 25.1 Å². The summed E-state index contributed by atoms with van der Waals surface area (Å²) in [6.45, 7) is 0. The van der Waals surface area contributed by atoms with Crippen LogP contribution in [0.5, 0.6) is 0 Å². The van der Waals surface area contributed by atoms with E-state index in [0.29, 0.717) is 17.1 Å². The molecule has 1 amide bonds. The molecular weight excluding hydrogens is 418 g/mol. The molecule has 0 aliphatic heterocycles. The van der Waals surface area contributed by atoms with Crippen molar-refractivity contribution in [2.45, 2.75) is 44.8 Å². The zero-order valence-electron chi connectivity index (χ0n) is 16.9. The molecule has 8 nitrogen and oxygen atoms in total. The molecule has 1 aliphatic rings. The first-order valence-electron chi connectivity index (χ1n) is 10.4. The van der Waals surface area contributed by atoms with Crippen molar-refractivity contribution in [3.63, 3.8) is 0 Å². The third-order valence-corrected chi connectivity index (χ3v) is 5.97. The van der Waals surface area contributed by atoms with Crippen molar-refractivity contribution in [2.75, 3.05) is 0 Å². The summed E-state index contributed by atoms with van der Waals surface area (Å²) in [7, 11) is 0. The maximum absolute atomic E-state index is 12.8. The highest BCUT2D eigenvalue weighted by atomic mass is 35.5. The topological polar surface area (TPSA) is 113 Å². The number of hydrogen-bond donors (Lipinski definition) is 3. The number of aliphatic hydroxyl groups is 1. The van der Waals surface area contributed by atoms with Crippen LogP contribution in [-0.2, 0) is 0 Å². The zero-order chi connectivity index (χ0) is 21.8. The Hall–Kier alpha value is -2.97. The molecule has 1 aliphatic carbocycles. The van der Waals surface area contributed by atoms with Crippen LogP contribution < -0.4 is 11.0 Å². The summed E-state index contributed by atoms with van der Waals surface area (Å²) in [5, 5.41) is 17.7. The van der Waals surface area contributed by atoms with Crippen LogP contribution in [0, 0.1) is 5.92 Å². The molecule has 3 N–H and O–H groups in total. The van der Waals surface area contributed by atoms with E-state index in [2.05, 4.69) is 20.4 Å². The predicted octanol–water partition coefficient (Wildman–Crippen LogP) is 3.29. The summed E-state index contributed by atoms with van der Waals surface area (Å²) in [6, 6.07) is 8.11. The number of nitrogens with one attached hydrogen (secondary N) is 2. The lowest BCUT2D eigenvalue weighted by atomic mass is 9.98. The van der Waals surface area contributed by atoms with E-state index in [9.17, 15) is 14.7 Å². The average Bonchev–Trinajstić information content (AvgIpc) is 2.98. The van der Waals surface area contributed by atoms with Gasteiger partial charge in [0.2, 0.25) is 0 Å². The van der Waals surface area contributed by atoms with Gasteiger partial charge >= 0.3 is 5.69 Å². The van der Waals surface area contributed by atoms with Crippen molar-refractivity contribution in [2.24, 2.45) is 5.92 Å². The predicted molar refractivity (Wildman–Crippen MR) is 117 cm³/mol. The summed E-state index contributed by atoms with van der Waals surface area (Å²) < 4.78 is 1.17. The van der Waals surface area contributed by atoms with Gasteiger partial charge in [-0.2, -0.15) is 4.68 Å². The lowest BCUT2D eigenvalue weighted by Gasteiger charge is -2.22. The zero-order valence-corrected chi connectivity index (χ0v) is 17.7. The highest BCUT2D eigenvalue weighted by molar-refractivity contribution is 6.33. The number of hydrogen-bond acceptors (Lipinski definition) is 5. The number of rotatable bonds is 5. The van der Waals surface area contributed by atoms with Crippen molar-refractivity contribution >= 4 is 17.5 Å². The third-order valence-electron chi connectivity index (χ3n) is 5.64. The Kier molecular flexibility index (Phi) is 6.48. The molecule has 0 spiro atoms. The Balaban J connectivity index is 1.57. The number of pyridine rings is 1. The summed E-state index contributed by atoms with van der Waals surface area (Å²) in [4.78, 5) is 31.9. The molecule has 0 radical (unpaired) electrons. The van der Waals surface area contributed by atoms with Crippen LogP contribution in [0.2, 0.25) is 5.02 Å². The summed E-state index contributed by atoms with van der Waals surface area (Å²) >= 11 is 6.25. The van der Waals surface area contributed by atoms with Crippen LogP contribution in [0.1, 0.15) is 48.9 Å². The van der Waals surface area contributed by atoms with E-state index in [-0.39, 0.29) is 16.5 Å². The van der Waals surface area contributed by atoms with Gasteiger partial charge in [0.25, 0.3) is 5.91 Å². The number of nitrogens with zero attached hydrogens (tertiary/aromatic N) is 3. The number of amides is 1. The average molecular weight is 442 g/mol. The minimum absolute atomic E-state index is 0.0327. The second-order valence-electron chi connectivity index (χ2n) is 7.76. The maximum Gasteiger partial charge on any atom is 0.348 e. The molecular formula is C22H24ClN5O3. The van der Waals surface area contributed by atoms with Crippen LogP contribution in [0.15, 0.2) is 47.5 Å². The van der Waals surface area contributed by atoms with Gasteiger partial charge in [-0.15, -0.1) is 5.10 Å². The SMILES string of the molecule is O=C(NC(O)C1CCCCCC1)c1cc(-n2nc(-c3ccncc3)[nH]c2=O)ccc1Cl. The number of aromatic nitrogens is 4. The minimum atomic E-state index is -0.934. The quantitative estimate of drug-likeness (QED) is 0.415. The Morgan fingerprint density at radius 1 is 1.16 bits per heavy atom. The molecule has 3 aromatic rings. The maximum atomic E-state index is 12.8. The molecule has 162 valence electrons. The fourth-order valence-electron chi connectivity index (χ4n) is 3.91. The number of benzene rings is 1. The monoisotopic (exact) mass is 441 g/mol. The summed E-state index contributed by atoms with van der Waals surface area (Å²) in [5.74, 6) is -0.0658. The molecule has 1 atom stereocenters. The van der Waals surface area contributed by atoms with E-state index in [1.807, 2.05) is 0 Å². The second-order valence-corrected chi connectivity index (χ2v) is 8.17. The molecule has 1 aromatic carbocycles. The lowest BCUT2D eigenvalue weighted by Crippen LogP contribution is -2.40. The lowest BCUT2D eigenvalue weighted by molar-refractivity contribution is 0.0532. The van der Waals surface area contributed by atoms with Crippen molar-refractivity contribution in [3.8, 4) is 17.1 Å². The van der Waals surface area contributed by atoms with Gasteiger partial charge in [0.15, 0.2) is 5.82 Å². The van der Waals surface area contributed by atoms with Crippen LogP contribution in [0.3, 0.4) is 0 Å². The number of carbonyl (C=O) groups excluding carboxylic acids is 1.